The zero-order valence-electron chi connectivity index (χ0n) is 10.9. The molecule has 0 amide bonds. The van der Waals surface area contributed by atoms with Crippen LogP contribution in [0.3, 0.4) is 0 Å². The Hall–Kier alpha value is -2.19. The molecule has 0 aliphatic rings. The molecule has 3 nitrogen and oxygen atoms in total. The van der Waals surface area contributed by atoms with Gasteiger partial charge in [0.1, 0.15) is 5.82 Å². The molecule has 20 heavy (non-hydrogen) atoms. The quantitative estimate of drug-likeness (QED) is 0.883. The van der Waals surface area contributed by atoms with Gasteiger partial charge in [0.15, 0.2) is 0 Å². The van der Waals surface area contributed by atoms with Crippen LogP contribution in [-0.4, -0.2) is 4.21 Å². The van der Waals surface area contributed by atoms with Crippen molar-refractivity contribution in [3.8, 4) is 6.07 Å². The van der Waals surface area contributed by atoms with Crippen molar-refractivity contribution in [1.29, 1.82) is 5.26 Å². The Labute approximate surface area is 119 Å². The van der Waals surface area contributed by atoms with E-state index >= 15 is 0 Å². The molecule has 0 saturated heterocycles. The van der Waals surface area contributed by atoms with E-state index < -0.39 is 16.6 Å². The molecule has 0 aliphatic heterocycles. The van der Waals surface area contributed by atoms with Crippen molar-refractivity contribution in [1.82, 2.24) is 0 Å². The van der Waals surface area contributed by atoms with Gasteiger partial charge < -0.3 is 5.73 Å². The highest BCUT2D eigenvalue weighted by Gasteiger charge is 2.11. The molecule has 0 bridgehead atoms. The van der Waals surface area contributed by atoms with Gasteiger partial charge in [0.05, 0.1) is 38.8 Å². The predicted octanol–water partition coefficient (Wildman–Crippen LogP) is 2.90. The first-order chi connectivity index (χ1) is 9.51. The predicted molar refractivity (Wildman–Crippen MR) is 76.8 cm³/mol. The number of nitriles is 1. The average Bonchev–Trinajstić information content (AvgIpc) is 2.41. The van der Waals surface area contributed by atoms with Crippen molar-refractivity contribution in [2.75, 3.05) is 5.73 Å². The van der Waals surface area contributed by atoms with E-state index in [1.807, 2.05) is 19.1 Å². The van der Waals surface area contributed by atoms with E-state index in [1.54, 1.807) is 12.1 Å². The van der Waals surface area contributed by atoms with Crippen LogP contribution >= 0.6 is 0 Å². The summed E-state index contributed by atoms with van der Waals surface area (Å²) in [5, 5.41) is 8.81. The van der Waals surface area contributed by atoms with E-state index in [0.717, 1.165) is 11.6 Å². The molecule has 102 valence electrons. The van der Waals surface area contributed by atoms with Crippen LogP contribution in [0.25, 0.3) is 0 Å². The number of nitrogens with zero attached hydrogens (tertiary/aromatic N) is 1. The molecule has 2 N–H and O–H groups in total. The van der Waals surface area contributed by atoms with Crippen molar-refractivity contribution in [3.63, 3.8) is 0 Å². The number of nitrogens with two attached hydrogens (primary N) is 1. The lowest BCUT2D eigenvalue weighted by molar-refractivity contribution is 0.625. The summed E-state index contributed by atoms with van der Waals surface area (Å²) in [4.78, 5) is 0.535. The molecule has 0 saturated carbocycles. The van der Waals surface area contributed by atoms with Crippen LogP contribution in [0.4, 0.5) is 10.1 Å². The molecule has 2 aromatic rings. The molecule has 0 aliphatic carbocycles. The van der Waals surface area contributed by atoms with Crippen molar-refractivity contribution in [2.24, 2.45) is 0 Å². The number of hydrogen-bond acceptors (Lipinski definition) is 3. The van der Waals surface area contributed by atoms with Gasteiger partial charge in [-0.25, -0.2) is 4.39 Å². The summed E-state index contributed by atoms with van der Waals surface area (Å²) in [6.07, 6.45) is 0. The lowest BCUT2D eigenvalue weighted by atomic mass is 10.1. The molecule has 2 aromatic carbocycles. The molecular formula is C15H13FN2OS. The molecule has 0 aromatic heterocycles. The largest absolute Gasteiger partial charge is 0.398 e. The smallest absolute Gasteiger partial charge is 0.124 e. The van der Waals surface area contributed by atoms with Gasteiger partial charge in [-0.3, -0.25) is 4.21 Å². The Morgan fingerprint density at radius 2 is 2.10 bits per heavy atom. The van der Waals surface area contributed by atoms with Gasteiger partial charge in [-0.2, -0.15) is 5.26 Å². The standard InChI is InChI=1S/C15H13FN2OS/c1-10-3-2-4-14(15(10)18)20(19)9-12-5-11(8-17)6-13(16)7-12/h2-7H,9,18H2,1H3. The minimum atomic E-state index is -1.38. The van der Waals surface area contributed by atoms with E-state index in [4.69, 9.17) is 11.0 Å². The maximum atomic E-state index is 13.3. The van der Waals surface area contributed by atoms with Gasteiger partial charge in [-0.05, 0) is 42.3 Å². The van der Waals surface area contributed by atoms with Gasteiger partial charge in [0.2, 0.25) is 0 Å². The maximum absolute atomic E-state index is 13.3. The van der Waals surface area contributed by atoms with E-state index in [2.05, 4.69) is 0 Å². The molecular weight excluding hydrogens is 275 g/mol. The van der Waals surface area contributed by atoms with Crippen molar-refractivity contribution in [3.05, 3.63) is 58.9 Å². The highest BCUT2D eigenvalue weighted by Crippen LogP contribution is 2.22. The van der Waals surface area contributed by atoms with Crippen LogP contribution in [0.15, 0.2) is 41.3 Å². The third-order valence-corrected chi connectivity index (χ3v) is 4.36. The van der Waals surface area contributed by atoms with E-state index in [1.165, 1.54) is 12.1 Å². The second kappa shape index (κ2) is 5.85. The van der Waals surface area contributed by atoms with Gasteiger partial charge in [-0.15, -0.1) is 0 Å². The first kappa shape index (κ1) is 14.2. The number of anilines is 1. The molecule has 2 rings (SSSR count). The van der Waals surface area contributed by atoms with Gasteiger partial charge in [0.25, 0.3) is 0 Å². The van der Waals surface area contributed by atoms with E-state index in [0.29, 0.717) is 16.1 Å². The summed E-state index contributed by atoms with van der Waals surface area (Å²) in [7, 11) is -1.38. The number of halogens is 1. The van der Waals surface area contributed by atoms with Crippen LogP contribution in [0.1, 0.15) is 16.7 Å². The SMILES string of the molecule is Cc1cccc(S(=O)Cc2cc(F)cc(C#N)c2)c1N. The fraction of sp³-hybridized carbons (Fsp3) is 0.133. The van der Waals surface area contributed by atoms with Crippen LogP contribution in [-0.2, 0) is 16.6 Å². The molecule has 1 unspecified atom stereocenters. The van der Waals surface area contributed by atoms with Gasteiger partial charge >= 0.3 is 0 Å². The molecule has 0 spiro atoms. The highest BCUT2D eigenvalue weighted by molar-refractivity contribution is 7.84. The average molecular weight is 288 g/mol. The van der Waals surface area contributed by atoms with Crippen molar-refractivity contribution < 1.29 is 8.60 Å². The molecule has 0 heterocycles. The second-order valence-electron chi connectivity index (χ2n) is 4.44. The van der Waals surface area contributed by atoms with Crippen LogP contribution in [0.5, 0.6) is 0 Å². The normalized spacial score (nSPS) is 11.8. The third kappa shape index (κ3) is 3.03. The molecule has 0 fully saturated rings. The summed E-state index contributed by atoms with van der Waals surface area (Å²) in [6.45, 7) is 1.84. The van der Waals surface area contributed by atoms with Crippen LogP contribution < -0.4 is 5.73 Å². The fourth-order valence-corrected chi connectivity index (χ4v) is 3.14. The monoisotopic (exact) mass is 288 g/mol. The first-order valence-corrected chi connectivity index (χ1v) is 7.26. The van der Waals surface area contributed by atoms with Gasteiger partial charge in [0, 0.05) is 0 Å². The van der Waals surface area contributed by atoms with E-state index in [-0.39, 0.29) is 11.3 Å². The molecule has 5 heteroatoms. The van der Waals surface area contributed by atoms with Crippen LogP contribution in [0.2, 0.25) is 0 Å². The third-order valence-electron chi connectivity index (χ3n) is 2.91. The van der Waals surface area contributed by atoms with Crippen molar-refractivity contribution >= 4 is 16.5 Å². The number of aryl methyl sites for hydroxylation is 1. The summed E-state index contributed by atoms with van der Waals surface area (Å²) in [5.74, 6) is -0.381. The zero-order valence-corrected chi connectivity index (χ0v) is 11.7. The lowest BCUT2D eigenvalue weighted by Crippen LogP contribution is -2.03. The Morgan fingerprint density at radius 3 is 2.80 bits per heavy atom. The Bertz CT molecular complexity index is 722. The zero-order chi connectivity index (χ0) is 14.7. The second-order valence-corrected chi connectivity index (χ2v) is 5.86. The number of rotatable bonds is 3. The number of nitrogen functional groups attached to an aromatic ring is 1. The lowest BCUT2D eigenvalue weighted by Gasteiger charge is -2.08. The fourth-order valence-electron chi connectivity index (χ4n) is 1.88. The minimum Gasteiger partial charge on any atom is -0.398 e. The van der Waals surface area contributed by atoms with Gasteiger partial charge in [-0.1, -0.05) is 12.1 Å². The summed E-state index contributed by atoms with van der Waals surface area (Å²) in [5.41, 5.74) is 7.98. The number of benzene rings is 2. The minimum absolute atomic E-state index is 0.125. The number of para-hydroxylation sites is 1. The molecule has 1 atom stereocenters. The highest BCUT2D eigenvalue weighted by atomic mass is 32.2. The van der Waals surface area contributed by atoms with Crippen molar-refractivity contribution in [2.45, 2.75) is 17.6 Å². The topological polar surface area (TPSA) is 66.9 Å². The Kier molecular flexibility index (Phi) is 4.16. The van der Waals surface area contributed by atoms with Crippen LogP contribution in [0, 0.1) is 24.1 Å². The van der Waals surface area contributed by atoms with E-state index in [9.17, 15) is 8.60 Å². The first-order valence-electron chi connectivity index (χ1n) is 5.94. The summed E-state index contributed by atoms with van der Waals surface area (Å²) >= 11 is 0. The summed E-state index contributed by atoms with van der Waals surface area (Å²) < 4.78 is 25.7. The number of hydrogen-bond donors (Lipinski definition) is 1. The molecule has 0 radical (unpaired) electrons. The maximum Gasteiger partial charge on any atom is 0.124 e. The Balaban J connectivity index is 2.31. The Morgan fingerprint density at radius 1 is 1.35 bits per heavy atom. The summed E-state index contributed by atoms with van der Waals surface area (Å²) in [6, 6.07) is 11.2.